The fourth-order valence-electron chi connectivity index (χ4n) is 1.28. The van der Waals surface area contributed by atoms with E-state index in [0.29, 0.717) is 12.4 Å². The first kappa shape index (κ1) is 15.0. The molecule has 0 saturated heterocycles. The lowest BCUT2D eigenvalue weighted by Crippen LogP contribution is -1.86. The maximum absolute atomic E-state index is 9.04. The maximum atomic E-state index is 9.04. The van der Waals surface area contributed by atoms with Crippen molar-refractivity contribution in [1.82, 2.24) is 0 Å². The van der Waals surface area contributed by atoms with Crippen LogP contribution in [0.4, 0.5) is 0 Å². The minimum Gasteiger partial charge on any atom is -0.315 e. The second kappa shape index (κ2) is 8.98. The summed E-state index contributed by atoms with van der Waals surface area (Å²) in [7, 11) is 0. The van der Waals surface area contributed by atoms with Crippen LogP contribution in [-0.4, -0.2) is 12.4 Å². The molecular weight excluding hydrogens is 262 g/mol. The van der Waals surface area contributed by atoms with Gasteiger partial charge in [0.05, 0.1) is 18.4 Å². The normalized spacial score (nSPS) is 11.9. The molecule has 2 nitrogen and oxygen atoms in total. The largest absolute Gasteiger partial charge is 0.315 e. The summed E-state index contributed by atoms with van der Waals surface area (Å²) in [5.41, 5.74) is 0.743. The predicted octanol–water partition coefficient (Wildman–Crippen LogP) is 4.46. The highest BCUT2D eigenvalue weighted by atomic mass is 32.2. The third-order valence-electron chi connectivity index (χ3n) is 2.11. The van der Waals surface area contributed by atoms with Gasteiger partial charge in [0.2, 0.25) is 0 Å². The van der Waals surface area contributed by atoms with Crippen molar-refractivity contribution < 1.29 is 4.18 Å². The van der Waals surface area contributed by atoms with E-state index in [9.17, 15) is 0 Å². The van der Waals surface area contributed by atoms with Crippen LogP contribution in [0.1, 0.15) is 23.6 Å². The zero-order valence-corrected chi connectivity index (χ0v) is 12.3. The molecule has 1 aromatic rings. The van der Waals surface area contributed by atoms with Gasteiger partial charge in [-0.3, -0.25) is 0 Å². The SMILES string of the molecule is C/C=C\Cc1ccc(/C=C(\C#N)CSOCC)s1. The van der Waals surface area contributed by atoms with Crippen LogP contribution < -0.4 is 0 Å². The van der Waals surface area contributed by atoms with Crippen LogP contribution in [-0.2, 0) is 10.6 Å². The van der Waals surface area contributed by atoms with E-state index >= 15 is 0 Å². The summed E-state index contributed by atoms with van der Waals surface area (Å²) >= 11 is 3.06. The molecule has 0 bridgehead atoms. The molecule has 0 atom stereocenters. The molecule has 0 aliphatic rings. The van der Waals surface area contributed by atoms with E-state index in [4.69, 9.17) is 9.44 Å². The minimum atomic E-state index is 0.604. The quantitative estimate of drug-likeness (QED) is 0.320. The van der Waals surface area contributed by atoms with Gasteiger partial charge >= 0.3 is 0 Å². The van der Waals surface area contributed by atoms with E-state index in [2.05, 4.69) is 30.4 Å². The van der Waals surface area contributed by atoms with Crippen molar-refractivity contribution in [1.29, 1.82) is 5.26 Å². The molecule has 4 heteroatoms. The average Bonchev–Trinajstić information content (AvgIpc) is 2.83. The molecule has 1 aromatic heterocycles. The fourth-order valence-corrected chi connectivity index (χ4v) is 2.76. The van der Waals surface area contributed by atoms with Crippen molar-refractivity contribution in [3.8, 4) is 6.07 Å². The topological polar surface area (TPSA) is 33.0 Å². The molecule has 0 aromatic carbocycles. The average molecular weight is 279 g/mol. The molecule has 0 aliphatic heterocycles. The Kier molecular flexibility index (Phi) is 7.51. The van der Waals surface area contributed by atoms with Crippen LogP contribution in [0.25, 0.3) is 6.08 Å². The summed E-state index contributed by atoms with van der Waals surface area (Å²) in [5.74, 6) is 0.604. The van der Waals surface area contributed by atoms with Gasteiger partial charge in [-0.1, -0.05) is 12.2 Å². The van der Waals surface area contributed by atoms with E-state index < -0.39 is 0 Å². The van der Waals surface area contributed by atoms with E-state index in [1.165, 1.54) is 16.9 Å². The van der Waals surface area contributed by atoms with Crippen LogP contribution in [0, 0.1) is 11.3 Å². The maximum Gasteiger partial charge on any atom is 0.0957 e. The molecule has 0 N–H and O–H groups in total. The summed E-state index contributed by atoms with van der Waals surface area (Å²) in [6, 6.07) is 6.39. The van der Waals surface area contributed by atoms with E-state index in [-0.39, 0.29) is 0 Å². The summed E-state index contributed by atoms with van der Waals surface area (Å²) in [6.45, 7) is 4.62. The monoisotopic (exact) mass is 279 g/mol. The van der Waals surface area contributed by atoms with E-state index in [0.717, 1.165) is 16.9 Å². The smallest absolute Gasteiger partial charge is 0.0957 e. The Labute approximate surface area is 117 Å². The molecule has 18 heavy (non-hydrogen) atoms. The van der Waals surface area contributed by atoms with Gasteiger partial charge in [0.1, 0.15) is 0 Å². The third kappa shape index (κ3) is 5.54. The second-order valence-electron chi connectivity index (χ2n) is 3.53. The van der Waals surface area contributed by atoms with Crippen molar-refractivity contribution in [2.75, 3.05) is 12.4 Å². The van der Waals surface area contributed by atoms with Crippen molar-refractivity contribution >= 4 is 29.5 Å². The molecule has 0 radical (unpaired) electrons. The predicted molar refractivity (Wildman–Crippen MR) is 80.5 cm³/mol. The van der Waals surface area contributed by atoms with Crippen LogP contribution in [0.3, 0.4) is 0 Å². The number of hydrogen-bond donors (Lipinski definition) is 0. The number of thiophene rings is 1. The van der Waals surface area contributed by atoms with Gasteiger partial charge in [-0.05, 0) is 50.5 Å². The fraction of sp³-hybridized carbons (Fsp3) is 0.357. The number of nitrogens with zero attached hydrogens (tertiary/aromatic N) is 1. The summed E-state index contributed by atoms with van der Waals surface area (Å²) in [6.07, 6.45) is 7.09. The summed E-state index contributed by atoms with van der Waals surface area (Å²) < 4.78 is 5.18. The van der Waals surface area contributed by atoms with E-state index in [1.807, 2.05) is 19.9 Å². The Morgan fingerprint density at radius 1 is 1.56 bits per heavy atom. The Balaban J connectivity index is 2.62. The van der Waals surface area contributed by atoms with Crippen molar-refractivity contribution in [2.45, 2.75) is 20.3 Å². The van der Waals surface area contributed by atoms with Gasteiger partial charge in [-0.2, -0.15) is 5.26 Å². The molecule has 0 saturated carbocycles. The summed E-state index contributed by atoms with van der Waals surface area (Å²) in [4.78, 5) is 2.44. The highest BCUT2D eigenvalue weighted by molar-refractivity contribution is 7.94. The van der Waals surface area contributed by atoms with Crippen LogP contribution in [0.5, 0.6) is 0 Å². The number of rotatable bonds is 7. The molecular formula is C14H17NOS2. The van der Waals surface area contributed by atoms with Crippen LogP contribution >= 0.6 is 23.4 Å². The Morgan fingerprint density at radius 3 is 3.06 bits per heavy atom. The van der Waals surface area contributed by atoms with Gasteiger partial charge < -0.3 is 4.18 Å². The molecule has 0 spiro atoms. The summed E-state index contributed by atoms with van der Waals surface area (Å²) in [5, 5.41) is 9.04. The van der Waals surface area contributed by atoms with Gasteiger partial charge in [0.25, 0.3) is 0 Å². The van der Waals surface area contributed by atoms with Crippen LogP contribution in [0.15, 0.2) is 29.9 Å². The molecule has 96 valence electrons. The van der Waals surface area contributed by atoms with Crippen molar-refractivity contribution in [3.05, 3.63) is 39.6 Å². The minimum absolute atomic E-state index is 0.604. The van der Waals surface area contributed by atoms with Gasteiger partial charge in [0.15, 0.2) is 0 Å². The first-order valence-electron chi connectivity index (χ1n) is 5.85. The van der Waals surface area contributed by atoms with Crippen molar-refractivity contribution in [3.63, 3.8) is 0 Å². The Hall–Kier alpha value is -1.02. The molecule has 1 heterocycles. The van der Waals surface area contributed by atoms with Gasteiger partial charge in [-0.25, -0.2) is 0 Å². The molecule has 0 amide bonds. The third-order valence-corrected chi connectivity index (χ3v) is 4.00. The van der Waals surface area contributed by atoms with Crippen molar-refractivity contribution in [2.24, 2.45) is 0 Å². The number of nitriles is 1. The molecule has 0 aliphatic carbocycles. The molecule has 0 unspecified atom stereocenters. The lowest BCUT2D eigenvalue weighted by atomic mass is 10.3. The highest BCUT2D eigenvalue weighted by Gasteiger charge is 2.00. The van der Waals surface area contributed by atoms with E-state index in [1.54, 1.807) is 11.3 Å². The lowest BCUT2D eigenvalue weighted by molar-refractivity contribution is 0.403. The highest BCUT2D eigenvalue weighted by Crippen LogP contribution is 2.21. The Bertz CT molecular complexity index is 455. The first-order chi connectivity index (χ1) is 8.80. The second-order valence-corrected chi connectivity index (χ2v) is 5.49. The first-order valence-corrected chi connectivity index (χ1v) is 7.57. The standard InChI is InChI=1S/C14H17NOS2/c1-3-5-6-13-7-8-14(18-13)9-12(10-15)11-17-16-4-2/h3,5,7-9H,4,6,11H2,1-2H3/b5-3-,12-9+. The zero-order valence-electron chi connectivity index (χ0n) is 10.7. The lowest BCUT2D eigenvalue weighted by Gasteiger charge is -1.97. The zero-order chi connectivity index (χ0) is 13.2. The molecule has 0 fully saturated rings. The number of allylic oxidation sites excluding steroid dienone is 2. The number of hydrogen-bond acceptors (Lipinski definition) is 4. The van der Waals surface area contributed by atoms with Crippen LogP contribution in [0.2, 0.25) is 0 Å². The Morgan fingerprint density at radius 2 is 2.39 bits per heavy atom. The van der Waals surface area contributed by atoms with Gasteiger partial charge in [0, 0.05) is 15.3 Å². The molecule has 1 rings (SSSR count). The van der Waals surface area contributed by atoms with Gasteiger partial charge in [-0.15, -0.1) is 11.3 Å².